The van der Waals surface area contributed by atoms with Crippen LogP contribution in [-0.4, -0.2) is 43.7 Å². The predicted octanol–water partition coefficient (Wildman–Crippen LogP) is 2.33. The van der Waals surface area contributed by atoms with Gasteiger partial charge in [0.05, 0.1) is 16.8 Å². The van der Waals surface area contributed by atoms with Crippen LogP contribution in [0.25, 0.3) is 0 Å². The lowest BCUT2D eigenvalue weighted by atomic mass is 9.78. The van der Waals surface area contributed by atoms with Gasteiger partial charge in [-0.2, -0.15) is 0 Å². The molecule has 3 heterocycles. The second-order valence-electron chi connectivity index (χ2n) is 9.29. The predicted molar refractivity (Wildman–Crippen MR) is 105 cm³/mol. The third kappa shape index (κ3) is 3.19. The van der Waals surface area contributed by atoms with E-state index in [9.17, 15) is 9.32 Å². The standard InChI is InChI=1S/C20H29BO4S/c1-18(2)19(3,4)25-21(24-18)15-7-5-14(6-8-15)11-20(22)12-16-9-10-17(13-20)26(16)23/h5-8,16-17,22H,9-13H2,1-4H3. The third-order valence-corrected chi connectivity index (χ3v) is 8.84. The van der Waals surface area contributed by atoms with Crippen molar-refractivity contribution in [2.24, 2.45) is 0 Å². The van der Waals surface area contributed by atoms with Crippen molar-refractivity contribution in [1.29, 1.82) is 0 Å². The topological polar surface area (TPSA) is 55.8 Å². The Morgan fingerprint density at radius 3 is 2.04 bits per heavy atom. The van der Waals surface area contributed by atoms with Crippen molar-refractivity contribution in [1.82, 2.24) is 0 Å². The van der Waals surface area contributed by atoms with Gasteiger partial charge in [0, 0.05) is 27.7 Å². The fraction of sp³-hybridized carbons (Fsp3) is 0.700. The van der Waals surface area contributed by atoms with E-state index in [4.69, 9.17) is 9.31 Å². The first kappa shape index (κ1) is 18.7. The van der Waals surface area contributed by atoms with Gasteiger partial charge < -0.3 is 14.4 Å². The first-order valence-corrected chi connectivity index (χ1v) is 10.9. The molecule has 0 radical (unpaired) electrons. The molecule has 6 heteroatoms. The van der Waals surface area contributed by atoms with E-state index in [2.05, 4.69) is 39.8 Å². The molecule has 1 aromatic rings. The molecule has 4 nitrogen and oxygen atoms in total. The van der Waals surface area contributed by atoms with E-state index >= 15 is 0 Å². The zero-order chi connectivity index (χ0) is 18.7. The van der Waals surface area contributed by atoms with E-state index < -0.39 is 16.4 Å². The fourth-order valence-electron chi connectivity index (χ4n) is 4.47. The van der Waals surface area contributed by atoms with Gasteiger partial charge in [-0.1, -0.05) is 24.3 Å². The molecule has 1 N–H and O–H groups in total. The van der Waals surface area contributed by atoms with E-state index in [0.29, 0.717) is 19.3 Å². The summed E-state index contributed by atoms with van der Waals surface area (Å²) in [6, 6.07) is 8.20. The van der Waals surface area contributed by atoms with Crippen LogP contribution in [0, 0.1) is 0 Å². The van der Waals surface area contributed by atoms with Crippen LogP contribution < -0.4 is 5.46 Å². The molecule has 0 aromatic heterocycles. The normalized spacial score (nSPS) is 37.9. The number of fused-ring (bicyclic) bond motifs is 2. The first-order valence-electron chi connectivity index (χ1n) is 9.65. The Balaban J connectivity index is 1.45. The molecule has 2 bridgehead atoms. The minimum atomic E-state index is -0.737. The molecule has 0 spiro atoms. The third-order valence-electron chi connectivity index (χ3n) is 6.72. The molecule has 3 aliphatic heterocycles. The van der Waals surface area contributed by atoms with Crippen LogP contribution in [0.5, 0.6) is 0 Å². The van der Waals surface area contributed by atoms with Crippen LogP contribution in [0.4, 0.5) is 0 Å². The lowest BCUT2D eigenvalue weighted by Gasteiger charge is -2.36. The van der Waals surface area contributed by atoms with Gasteiger partial charge in [-0.25, -0.2) is 0 Å². The first-order chi connectivity index (χ1) is 12.1. The fourth-order valence-corrected chi connectivity index (χ4v) is 6.70. The number of benzene rings is 1. The monoisotopic (exact) mass is 376 g/mol. The second kappa shape index (κ2) is 6.16. The molecule has 0 amide bonds. The van der Waals surface area contributed by atoms with Crippen LogP contribution in [0.2, 0.25) is 0 Å². The average Bonchev–Trinajstić information content (AvgIpc) is 2.89. The highest BCUT2D eigenvalue weighted by Gasteiger charge is 2.52. The smallest absolute Gasteiger partial charge is 0.399 e. The molecule has 0 saturated carbocycles. The quantitative estimate of drug-likeness (QED) is 0.823. The maximum absolute atomic E-state index is 12.2. The number of hydrogen-bond donors (Lipinski definition) is 1. The molecule has 3 aliphatic rings. The van der Waals surface area contributed by atoms with E-state index in [-0.39, 0.29) is 28.8 Å². The molecular weight excluding hydrogens is 347 g/mol. The Morgan fingerprint density at radius 1 is 1.04 bits per heavy atom. The zero-order valence-corrected chi connectivity index (χ0v) is 17.0. The summed E-state index contributed by atoms with van der Waals surface area (Å²) in [5.74, 6) is 0. The molecule has 2 atom stereocenters. The Hall–Kier alpha value is -0.685. The van der Waals surface area contributed by atoms with Crippen molar-refractivity contribution in [3.63, 3.8) is 0 Å². The van der Waals surface area contributed by atoms with Gasteiger partial charge >= 0.3 is 7.12 Å². The van der Waals surface area contributed by atoms with Crippen LogP contribution >= 0.6 is 0 Å². The number of aliphatic hydroxyl groups is 1. The molecule has 3 saturated heterocycles. The van der Waals surface area contributed by atoms with Gasteiger partial charge in [0.2, 0.25) is 0 Å². The van der Waals surface area contributed by atoms with Gasteiger partial charge in [-0.15, -0.1) is 0 Å². The summed E-state index contributed by atoms with van der Waals surface area (Å²) >= 11 is 0. The number of hydrogen-bond acceptors (Lipinski definition) is 4. The Labute approximate surface area is 159 Å². The van der Waals surface area contributed by atoms with Gasteiger partial charge in [-0.3, -0.25) is 4.21 Å². The van der Waals surface area contributed by atoms with Crippen molar-refractivity contribution in [3.8, 4) is 0 Å². The summed E-state index contributed by atoms with van der Waals surface area (Å²) in [5, 5.41) is 11.4. The highest BCUT2D eigenvalue weighted by Crippen LogP contribution is 2.42. The van der Waals surface area contributed by atoms with E-state index in [0.717, 1.165) is 23.9 Å². The maximum Gasteiger partial charge on any atom is 0.494 e. The van der Waals surface area contributed by atoms with Crippen LogP contribution in [0.3, 0.4) is 0 Å². The zero-order valence-electron chi connectivity index (χ0n) is 16.2. The minimum Gasteiger partial charge on any atom is -0.399 e. The van der Waals surface area contributed by atoms with Crippen molar-refractivity contribution in [2.45, 2.75) is 87.1 Å². The summed E-state index contributed by atoms with van der Waals surface area (Å²) in [5.41, 5.74) is 0.709. The molecule has 142 valence electrons. The van der Waals surface area contributed by atoms with E-state index in [1.165, 1.54) is 0 Å². The van der Waals surface area contributed by atoms with Crippen molar-refractivity contribution < 1.29 is 18.6 Å². The van der Waals surface area contributed by atoms with Gasteiger partial charge in [0.15, 0.2) is 0 Å². The second-order valence-corrected chi connectivity index (χ2v) is 11.3. The summed E-state index contributed by atoms with van der Waals surface area (Å²) < 4.78 is 24.4. The molecule has 0 aliphatic carbocycles. The SMILES string of the molecule is CC1(C)OB(c2ccc(CC3(O)CC4CCC(C3)S4=O)cc2)OC1(C)C. The molecule has 1 aromatic carbocycles. The van der Waals surface area contributed by atoms with Crippen LogP contribution in [0.15, 0.2) is 24.3 Å². The average molecular weight is 376 g/mol. The van der Waals surface area contributed by atoms with E-state index in [1.807, 2.05) is 12.1 Å². The maximum atomic E-state index is 12.2. The summed E-state index contributed by atoms with van der Waals surface area (Å²) in [6.07, 6.45) is 3.95. The molecule has 3 fully saturated rings. The Kier molecular flexibility index (Phi) is 4.42. The van der Waals surface area contributed by atoms with Gasteiger partial charge in [-0.05, 0) is 64.4 Å². The summed E-state index contributed by atoms with van der Waals surface area (Å²) in [7, 11) is -1.09. The van der Waals surface area contributed by atoms with Gasteiger partial charge in [0.1, 0.15) is 0 Å². The lowest BCUT2D eigenvalue weighted by molar-refractivity contribution is 0.00578. The highest BCUT2D eigenvalue weighted by molar-refractivity contribution is 7.86. The van der Waals surface area contributed by atoms with Crippen LogP contribution in [-0.2, 0) is 26.5 Å². The van der Waals surface area contributed by atoms with E-state index in [1.54, 1.807) is 0 Å². The van der Waals surface area contributed by atoms with Crippen molar-refractivity contribution >= 4 is 23.4 Å². The summed E-state index contributed by atoms with van der Waals surface area (Å²) in [6.45, 7) is 8.22. The van der Waals surface area contributed by atoms with Crippen molar-refractivity contribution in [3.05, 3.63) is 29.8 Å². The largest absolute Gasteiger partial charge is 0.494 e. The van der Waals surface area contributed by atoms with Gasteiger partial charge in [0.25, 0.3) is 0 Å². The highest BCUT2D eigenvalue weighted by atomic mass is 32.2. The molecule has 4 rings (SSSR count). The molecule has 2 unspecified atom stereocenters. The molecule has 26 heavy (non-hydrogen) atoms. The Morgan fingerprint density at radius 2 is 1.54 bits per heavy atom. The van der Waals surface area contributed by atoms with Crippen LogP contribution in [0.1, 0.15) is 58.9 Å². The Bertz CT molecular complexity index is 683. The lowest BCUT2D eigenvalue weighted by Crippen LogP contribution is -2.44. The number of rotatable bonds is 3. The summed E-state index contributed by atoms with van der Waals surface area (Å²) in [4.78, 5) is 0. The minimum absolute atomic E-state index is 0.183. The molecular formula is C20H29BO4S. The van der Waals surface area contributed by atoms with Crippen molar-refractivity contribution in [2.75, 3.05) is 0 Å².